The Morgan fingerprint density at radius 2 is 1.71 bits per heavy atom. The molecule has 88 valence electrons. The molecule has 0 spiro atoms. The molecule has 0 unspecified atom stereocenters. The molecule has 8 heteroatoms. The Balaban J connectivity index is 0. The lowest BCUT2D eigenvalue weighted by Crippen LogP contribution is -2.52. The third-order valence-electron chi connectivity index (χ3n) is 1.47. The van der Waals surface area contributed by atoms with Gasteiger partial charge in [0.1, 0.15) is 0 Å². The molecule has 0 aliphatic carbocycles. The summed E-state index contributed by atoms with van der Waals surface area (Å²) in [7, 11) is -6.09. The lowest BCUT2D eigenvalue weighted by molar-refractivity contribution is -0.378. The van der Waals surface area contributed by atoms with Gasteiger partial charge in [-0.15, -0.1) is 0 Å². The zero-order chi connectivity index (χ0) is 12.0. The van der Waals surface area contributed by atoms with Crippen LogP contribution in [-0.4, -0.2) is 25.0 Å². The molecule has 0 aliphatic rings. The Hall–Kier alpha value is -0.340. The highest BCUT2D eigenvalue weighted by Gasteiger charge is 2.36. The van der Waals surface area contributed by atoms with Crippen LogP contribution in [0.5, 0.6) is 0 Å². The van der Waals surface area contributed by atoms with E-state index < -0.39 is 15.6 Å². The lowest BCUT2D eigenvalue weighted by Gasteiger charge is -2.08. The molecule has 3 N–H and O–H groups in total. The van der Waals surface area contributed by atoms with E-state index in [4.69, 9.17) is 13.0 Å². The summed E-state index contributed by atoms with van der Waals surface area (Å²) in [6.07, 6.45) is 1.27. The zero-order valence-corrected chi connectivity index (χ0v) is 8.78. The van der Waals surface area contributed by atoms with Crippen molar-refractivity contribution in [1.29, 1.82) is 0 Å². The van der Waals surface area contributed by atoms with Crippen LogP contribution < -0.4 is 5.73 Å². The van der Waals surface area contributed by atoms with E-state index >= 15 is 0 Å². The molecular weight excluding hydrogens is 223 g/mol. The van der Waals surface area contributed by atoms with Gasteiger partial charge in [0.05, 0.1) is 6.54 Å². The third-order valence-corrected chi connectivity index (χ3v) is 2.04. The van der Waals surface area contributed by atoms with E-state index in [1.165, 1.54) is 6.42 Å². The summed E-state index contributed by atoms with van der Waals surface area (Å²) in [5.41, 5.74) is -1.89. The first-order valence-corrected chi connectivity index (χ1v) is 5.28. The van der Waals surface area contributed by atoms with Crippen molar-refractivity contribution < 1.29 is 31.9 Å². The van der Waals surface area contributed by atoms with Crippen molar-refractivity contribution in [3.63, 3.8) is 0 Å². The first-order valence-electron chi connectivity index (χ1n) is 3.87. The van der Waals surface area contributed by atoms with E-state index in [9.17, 15) is 13.2 Å². The van der Waals surface area contributed by atoms with Crippen molar-refractivity contribution in [1.82, 2.24) is 0 Å². The summed E-state index contributed by atoms with van der Waals surface area (Å²) < 4.78 is 58.9. The molecule has 0 aromatic heterocycles. The molecule has 0 heterocycles. The van der Waals surface area contributed by atoms with E-state index in [0.717, 1.165) is 12.5 Å². The van der Waals surface area contributed by atoms with Crippen LogP contribution in [-0.2, 0) is 10.1 Å². The van der Waals surface area contributed by atoms with Gasteiger partial charge >= 0.3 is 5.51 Å². The molecule has 0 aromatic carbocycles. The Labute approximate surface area is 81.0 Å². The smallest absolute Gasteiger partial charge is 0.485 e. The molecule has 0 fully saturated rings. The van der Waals surface area contributed by atoms with E-state index in [2.05, 4.69) is 19.6 Å². The van der Waals surface area contributed by atoms with Gasteiger partial charge in [0.25, 0.3) is 0 Å². The average Bonchev–Trinajstić information content (AvgIpc) is 2.00. The third kappa shape index (κ3) is 8.27. The van der Waals surface area contributed by atoms with Crippen LogP contribution in [0.25, 0.3) is 0 Å². The van der Waals surface area contributed by atoms with Crippen molar-refractivity contribution in [2.75, 3.05) is 6.54 Å². The molecule has 14 heavy (non-hydrogen) atoms. The molecule has 0 aromatic rings. The highest BCUT2D eigenvalue weighted by atomic mass is 32.2. The topological polar surface area (TPSA) is 84.8 Å². The summed E-state index contributed by atoms with van der Waals surface area (Å²) in [6.45, 7) is 5.49. The first-order chi connectivity index (χ1) is 6.06. The zero-order valence-electron chi connectivity index (χ0n) is 7.97. The van der Waals surface area contributed by atoms with Crippen LogP contribution in [0.1, 0.15) is 20.3 Å². The van der Waals surface area contributed by atoms with Gasteiger partial charge in [-0.1, -0.05) is 13.8 Å². The molecule has 1 atom stereocenters. The fourth-order valence-corrected chi connectivity index (χ4v) is 0.204. The van der Waals surface area contributed by atoms with Gasteiger partial charge < -0.3 is 10.3 Å². The molecule has 0 radical (unpaired) electrons. The summed E-state index contributed by atoms with van der Waals surface area (Å²) >= 11 is 0. The van der Waals surface area contributed by atoms with Crippen LogP contribution in [0.15, 0.2) is 0 Å². The fraction of sp³-hybridized carbons (Fsp3) is 1.00. The number of hydrogen-bond donors (Lipinski definition) is 1. The van der Waals surface area contributed by atoms with Crippen LogP contribution in [0, 0.1) is 5.92 Å². The molecule has 0 saturated heterocycles. The maximum absolute atomic E-state index is 10.7. The van der Waals surface area contributed by atoms with Crippen LogP contribution in [0.3, 0.4) is 0 Å². The van der Waals surface area contributed by atoms with Crippen molar-refractivity contribution >= 4 is 10.1 Å². The predicted octanol–water partition coefficient (Wildman–Crippen LogP) is 0.326. The Morgan fingerprint density at radius 3 is 1.71 bits per heavy atom. The van der Waals surface area contributed by atoms with Crippen LogP contribution >= 0.6 is 0 Å². The lowest BCUT2D eigenvalue weighted by atomic mass is 10.1. The van der Waals surface area contributed by atoms with Gasteiger partial charge in [-0.3, -0.25) is 0 Å². The van der Waals surface area contributed by atoms with Gasteiger partial charge in [0.2, 0.25) is 0 Å². The number of halogens is 3. The summed E-state index contributed by atoms with van der Waals surface area (Å²) in [4.78, 5) is 0. The number of hydrogen-bond acceptors (Lipinski definition) is 3. The summed E-state index contributed by atoms with van der Waals surface area (Å²) in [5, 5.41) is 0. The van der Waals surface area contributed by atoms with Crippen LogP contribution in [0.4, 0.5) is 13.2 Å². The van der Waals surface area contributed by atoms with Crippen molar-refractivity contribution in [2.45, 2.75) is 25.8 Å². The van der Waals surface area contributed by atoms with E-state index in [1.807, 2.05) is 0 Å². The molecule has 0 rings (SSSR count). The standard InChI is InChI=1S/C5H13N.CHF3O3S/c1-3-5(2)4-6;2-1(3,4)8(5,6)7/h5H,3-4,6H2,1-2H3;(H,5,6,7)/t5-;/m0./s1. The van der Waals surface area contributed by atoms with Gasteiger partial charge in [-0.2, -0.15) is 13.2 Å². The molecule has 0 saturated carbocycles. The minimum absolute atomic E-state index is 0.824. The largest absolute Gasteiger partial charge is 0.741 e. The molecule has 0 aliphatic heterocycles. The average molecular weight is 237 g/mol. The summed E-state index contributed by atoms with van der Waals surface area (Å²) in [5.74, 6) is 0.824. The van der Waals surface area contributed by atoms with E-state index in [0.29, 0.717) is 0 Å². The Bertz CT molecular complexity index is 233. The predicted molar refractivity (Wildman–Crippen MR) is 43.0 cm³/mol. The Kier molecular flexibility index (Phi) is 7.13. The molecule has 0 bridgehead atoms. The maximum Gasteiger partial charge on any atom is 0.485 e. The second-order valence-electron chi connectivity index (χ2n) is 2.70. The van der Waals surface area contributed by atoms with Gasteiger partial charge in [0, 0.05) is 5.92 Å². The van der Waals surface area contributed by atoms with E-state index in [1.54, 1.807) is 0 Å². The second-order valence-corrected chi connectivity index (χ2v) is 4.07. The number of alkyl halides is 3. The first kappa shape index (κ1) is 16.1. The minimum atomic E-state index is -6.09. The van der Waals surface area contributed by atoms with Crippen LogP contribution in [0.2, 0.25) is 0 Å². The molecule has 4 nitrogen and oxygen atoms in total. The van der Waals surface area contributed by atoms with Crippen molar-refractivity contribution in [2.24, 2.45) is 5.92 Å². The van der Waals surface area contributed by atoms with Crippen molar-refractivity contribution in [3.05, 3.63) is 0 Å². The highest BCUT2D eigenvalue weighted by molar-refractivity contribution is 7.86. The molecule has 0 amide bonds. The quantitative estimate of drug-likeness (QED) is 0.554. The number of quaternary nitrogens is 1. The minimum Gasteiger partial charge on any atom is -0.741 e. The second kappa shape index (κ2) is 6.20. The normalized spacial score (nSPS) is 14.2. The van der Waals surface area contributed by atoms with E-state index in [-0.39, 0.29) is 0 Å². The molecular formula is C6H14F3NO3S. The highest BCUT2D eigenvalue weighted by Crippen LogP contribution is 2.20. The fourth-order valence-electron chi connectivity index (χ4n) is 0.204. The van der Waals surface area contributed by atoms with Gasteiger partial charge in [0.15, 0.2) is 10.1 Å². The SMILES string of the molecule is CC[C@H](C)C[NH3+].O=S(=O)([O-])C(F)(F)F. The summed E-state index contributed by atoms with van der Waals surface area (Å²) in [6, 6.07) is 0. The Morgan fingerprint density at radius 1 is 1.43 bits per heavy atom. The monoisotopic (exact) mass is 237 g/mol. The van der Waals surface area contributed by atoms with Gasteiger partial charge in [-0.25, -0.2) is 8.42 Å². The number of rotatable bonds is 2. The van der Waals surface area contributed by atoms with Crippen molar-refractivity contribution in [3.8, 4) is 0 Å². The van der Waals surface area contributed by atoms with Gasteiger partial charge in [-0.05, 0) is 6.42 Å². The maximum atomic E-state index is 10.7.